The summed E-state index contributed by atoms with van der Waals surface area (Å²) in [5.41, 5.74) is 1.27. The zero-order chi connectivity index (χ0) is 11.2. The third-order valence-corrected chi connectivity index (χ3v) is 2.94. The summed E-state index contributed by atoms with van der Waals surface area (Å²) < 4.78 is 5.67. The Hall–Kier alpha value is -0.840. The largest absolute Gasteiger partial charge is 0.376 e. The Morgan fingerprint density at radius 3 is 3.19 bits per heavy atom. The van der Waals surface area contributed by atoms with Crippen molar-refractivity contribution in [1.82, 2.24) is 15.2 Å². The highest BCUT2D eigenvalue weighted by Crippen LogP contribution is 2.05. The molecule has 0 spiro atoms. The molecule has 1 aliphatic heterocycles. The Kier molecular flexibility index (Phi) is 4.39. The molecule has 4 nitrogen and oxygen atoms in total. The maximum absolute atomic E-state index is 5.67. The molecule has 0 saturated carbocycles. The average Bonchev–Trinajstić information content (AvgIpc) is 2.81. The molecule has 1 aromatic rings. The van der Waals surface area contributed by atoms with Gasteiger partial charge in [-0.25, -0.2) is 0 Å². The number of aromatic nitrogens is 1. The minimum atomic E-state index is 0.389. The molecule has 0 aliphatic carbocycles. The molecule has 0 radical (unpaired) electrons. The van der Waals surface area contributed by atoms with Gasteiger partial charge in [0.15, 0.2) is 0 Å². The molecule has 1 saturated heterocycles. The molecular formula is C12H21N3O. The van der Waals surface area contributed by atoms with Crippen LogP contribution >= 0.6 is 0 Å². The van der Waals surface area contributed by atoms with Crippen molar-refractivity contribution in [3.8, 4) is 0 Å². The Balaban J connectivity index is 1.65. The molecule has 0 aromatic carbocycles. The first-order valence-electron chi connectivity index (χ1n) is 5.98. The van der Waals surface area contributed by atoms with Crippen LogP contribution in [0.25, 0.3) is 0 Å². The Morgan fingerprint density at radius 1 is 1.56 bits per heavy atom. The maximum Gasteiger partial charge on any atom is 0.0712 e. The third-order valence-electron chi connectivity index (χ3n) is 2.94. The molecule has 1 fully saturated rings. The van der Waals surface area contributed by atoms with Crippen LogP contribution in [0.2, 0.25) is 0 Å². The van der Waals surface area contributed by atoms with Gasteiger partial charge in [0, 0.05) is 38.1 Å². The van der Waals surface area contributed by atoms with Crippen molar-refractivity contribution >= 4 is 0 Å². The van der Waals surface area contributed by atoms with Gasteiger partial charge < -0.3 is 19.9 Å². The molecular weight excluding hydrogens is 202 g/mol. The lowest BCUT2D eigenvalue weighted by molar-refractivity contribution is 0.0183. The van der Waals surface area contributed by atoms with Crippen LogP contribution in [0, 0.1) is 0 Å². The highest BCUT2D eigenvalue weighted by Gasteiger charge is 2.13. The maximum atomic E-state index is 5.67. The fourth-order valence-corrected chi connectivity index (χ4v) is 2.01. The predicted molar refractivity (Wildman–Crippen MR) is 64.4 cm³/mol. The zero-order valence-corrected chi connectivity index (χ0v) is 9.91. The lowest BCUT2D eigenvalue weighted by Crippen LogP contribution is -2.40. The van der Waals surface area contributed by atoms with Gasteiger partial charge in [0.05, 0.1) is 12.7 Å². The highest BCUT2D eigenvalue weighted by atomic mass is 16.5. The van der Waals surface area contributed by atoms with Crippen LogP contribution in [0.15, 0.2) is 18.3 Å². The second-order valence-corrected chi connectivity index (χ2v) is 4.42. The lowest BCUT2D eigenvalue weighted by atomic mass is 10.2. The van der Waals surface area contributed by atoms with Crippen LogP contribution in [0.1, 0.15) is 12.1 Å². The first kappa shape index (κ1) is 11.6. The van der Waals surface area contributed by atoms with Crippen LogP contribution < -0.4 is 5.32 Å². The third kappa shape index (κ3) is 3.63. The van der Waals surface area contributed by atoms with Gasteiger partial charge in [-0.15, -0.1) is 0 Å². The predicted octanol–water partition coefficient (Wildman–Crippen LogP) is 0.825. The second kappa shape index (κ2) is 6.03. The molecule has 1 atom stereocenters. The van der Waals surface area contributed by atoms with Crippen LogP contribution in [0.3, 0.4) is 0 Å². The quantitative estimate of drug-likeness (QED) is 0.776. The van der Waals surface area contributed by atoms with E-state index in [1.165, 1.54) is 5.69 Å². The van der Waals surface area contributed by atoms with Crippen molar-refractivity contribution < 1.29 is 4.74 Å². The molecule has 2 heterocycles. The SMILES string of the molecule is CN(CCC1CNCCO1)Cc1ccc[nH]1. The summed E-state index contributed by atoms with van der Waals surface area (Å²) in [6.07, 6.45) is 3.46. The standard InChI is InChI=1S/C12H21N3O/c1-15(10-11-3-2-5-14-11)7-4-12-9-13-6-8-16-12/h2-3,5,12-14H,4,6-10H2,1H3. The second-order valence-electron chi connectivity index (χ2n) is 4.42. The van der Waals surface area contributed by atoms with Crippen molar-refractivity contribution in [1.29, 1.82) is 0 Å². The normalized spacial score (nSPS) is 21.5. The van der Waals surface area contributed by atoms with E-state index in [1.54, 1.807) is 0 Å². The van der Waals surface area contributed by atoms with Crippen LogP contribution in [0.4, 0.5) is 0 Å². The minimum absolute atomic E-state index is 0.389. The van der Waals surface area contributed by atoms with E-state index in [-0.39, 0.29) is 0 Å². The Bertz CT molecular complexity index is 280. The van der Waals surface area contributed by atoms with Crippen molar-refractivity contribution in [2.75, 3.05) is 33.3 Å². The molecule has 4 heteroatoms. The molecule has 1 aliphatic rings. The van der Waals surface area contributed by atoms with Gasteiger partial charge in [0.25, 0.3) is 0 Å². The van der Waals surface area contributed by atoms with Gasteiger partial charge in [0.2, 0.25) is 0 Å². The highest BCUT2D eigenvalue weighted by molar-refractivity contribution is 5.02. The fraction of sp³-hybridized carbons (Fsp3) is 0.667. The summed E-state index contributed by atoms with van der Waals surface area (Å²) in [6.45, 7) is 4.90. The van der Waals surface area contributed by atoms with E-state index < -0.39 is 0 Å². The number of H-pyrrole nitrogens is 1. The number of nitrogens with zero attached hydrogens (tertiary/aromatic N) is 1. The first-order chi connectivity index (χ1) is 7.84. The molecule has 16 heavy (non-hydrogen) atoms. The number of hydrogen-bond donors (Lipinski definition) is 2. The molecule has 1 unspecified atom stereocenters. The van der Waals surface area contributed by atoms with E-state index in [0.29, 0.717) is 6.10 Å². The summed E-state index contributed by atoms with van der Waals surface area (Å²) in [4.78, 5) is 5.54. The van der Waals surface area contributed by atoms with Crippen LogP contribution in [-0.4, -0.2) is 49.3 Å². The summed E-state index contributed by atoms with van der Waals surface area (Å²) in [7, 11) is 2.15. The molecule has 1 aromatic heterocycles. The van der Waals surface area contributed by atoms with Crippen LogP contribution in [-0.2, 0) is 11.3 Å². The minimum Gasteiger partial charge on any atom is -0.376 e. The van der Waals surface area contributed by atoms with Crippen molar-refractivity contribution in [2.24, 2.45) is 0 Å². The van der Waals surface area contributed by atoms with E-state index in [4.69, 9.17) is 4.74 Å². The van der Waals surface area contributed by atoms with E-state index in [9.17, 15) is 0 Å². The number of morpholine rings is 1. The van der Waals surface area contributed by atoms with E-state index in [1.807, 2.05) is 12.3 Å². The van der Waals surface area contributed by atoms with Gasteiger partial charge in [-0.2, -0.15) is 0 Å². The number of aromatic amines is 1. The molecule has 90 valence electrons. The Morgan fingerprint density at radius 2 is 2.50 bits per heavy atom. The van der Waals surface area contributed by atoms with Crippen molar-refractivity contribution in [2.45, 2.75) is 19.1 Å². The zero-order valence-electron chi connectivity index (χ0n) is 9.91. The van der Waals surface area contributed by atoms with Gasteiger partial charge in [-0.1, -0.05) is 0 Å². The molecule has 0 bridgehead atoms. The van der Waals surface area contributed by atoms with E-state index in [2.05, 4.69) is 28.3 Å². The molecule has 0 amide bonds. The summed E-state index contributed by atoms with van der Waals surface area (Å²) in [5, 5.41) is 3.35. The van der Waals surface area contributed by atoms with E-state index in [0.717, 1.165) is 39.2 Å². The smallest absolute Gasteiger partial charge is 0.0712 e. The summed E-state index contributed by atoms with van der Waals surface area (Å²) >= 11 is 0. The average molecular weight is 223 g/mol. The van der Waals surface area contributed by atoms with Gasteiger partial charge in [-0.05, 0) is 25.6 Å². The van der Waals surface area contributed by atoms with Crippen LogP contribution in [0.5, 0.6) is 0 Å². The summed E-state index contributed by atoms with van der Waals surface area (Å²) in [6, 6.07) is 4.16. The fourth-order valence-electron chi connectivity index (χ4n) is 2.01. The first-order valence-corrected chi connectivity index (χ1v) is 5.98. The Labute approximate surface area is 97.0 Å². The van der Waals surface area contributed by atoms with Gasteiger partial charge in [0.1, 0.15) is 0 Å². The number of ether oxygens (including phenoxy) is 1. The monoisotopic (exact) mass is 223 g/mol. The number of rotatable bonds is 5. The lowest BCUT2D eigenvalue weighted by Gasteiger charge is -2.25. The number of nitrogens with one attached hydrogen (secondary N) is 2. The van der Waals surface area contributed by atoms with Gasteiger partial charge in [-0.3, -0.25) is 0 Å². The topological polar surface area (TPSA) is 40.3 Å². The summed E-state index contributed by atoms with van der Waals surface area (Å²) in [5.74, 6) is 0. The van der Waals surface area contributed by atoms with Crippen molar-refractivity contribution in [3.05, 3.63) is 24.0 Å². The molecule has 2 rings (SSSR count). The molecule has 2 N–H and O–H groups in total. The van der Waals surface area contributed by atoms with Crippen molar-refractivity contribution in [3.63, 3.8) is 0 Å². The van der Waals surface area contributed by atoms with Gasteiger partial charge >= 0.3 is 0 Å². The number of hydrogen-bond acceptors (Lipinski definition) is 3. The van der Waals surface area contributed by atoms with E-state index >= 15 is 0 Å².